The van der Waals surface area contributed by atoms with Crippen molar-refractivity contribution in [2.24, 2.45) is 5.73 Å². The Morgan fingerprint density at radius 3 is 2.30 bits per heavy atom. The van der Waals surface area contributed by atoms with E-state index in [1.165, 1.54) is 0 Å². The van der Waals surface area contributed by atoms with Crippen LogP contribution in [0.5, 0.6) is 0 Å². The lowest BCUT2D eigenvalue weighted by molar-refractivity contribution is 0.0998. The Morgan fingerprint density at radius 1 is 1.00 bits per heavy atom. The standard InChI is InChI=1S/C16H16N2O2/c1-10-5-3-4-6-13(10)16(20)18-14-8-7-12(15(17)19)9-11(14)2/h3-9H,1-2H3,(H2,17,19)(H,18,20). The predicted molar refractivity (Wildman–Crippen MR) is 78.8 cm³/mol. The summed E-state index contributed by atoms with van der Waals surface area (Å²) < 4.78 is 0. The quantitative estimate of drug-likeness (QED) is 0.898. The van der Waals surface area contributed by atoms with Crippen molar-refractivity contribution in [2.75, 3.05) is 5.32 Å². The number of anilines is 1. The van der Waals surface area contributed by atoms with Gasteiger partial charge in [-0.05, 0) is 49.2 Å². The largest absolute Gasteiger partial charge is 0.366 e. The van der Waals surface area contributed by atoms with Gasteiger partial charge in [0.2, 0.25) is 5.91 Å². The molecule has 0 unspecified atom stereocenters. The molecule has 0 aromatic heterocycles. The van der Waals surface area contributed by atoms with E-state index in [1.54, 1.807) is 24.3 Å². The molecule has 2 aromatic rings. The molecule has 0 atom stereocenters. The molecule has 4 heteroatoms. The molecule has 0 spiro atoms. The summed E-state index contributed by atoms with van der Waals surface area (Å²) in [6.45, 7) is 3.71. The maximum atomic E-state index is 12.2. The molecule has 0 saturated heterocycles. The maximum absolute atomic E-state index is 12.2. The smallest absolute Gasteiger partial charge is 0.255 e. The fourth-order valence-corrected chi connectivity index (χ4v) is 1.97. The Labute approximate surface area is 117 Å². The third-order valence-electron chi connectivity index (χ3n) is 3.15. The predicted octanol–water partition coefficient (Wildman–Crippen LogP) is 2.65. The van der Waals surface area contributed by atoms with Crippen molar-refractivity contribution in [3.05, 3.63) is 64.7 Å². The molecule has 0 saturated carbocycles. The van der Waals surface area contributed by atoms with E-state index in [4.69, 9.17) is 5.73 Å². The van der Waals surface area contributed by atoms with Gasteiger partial charge in [0.25, 0.3) is 5.91 Å². The Hall–Kier alpha value is -2.62. The zero-order valence-corrected chi connectivity index (χ0v) is 11.4. The number of aryl methyl sites for hydroxylation is 2. The monoisotopic (exact) mass is 268 g/mol. The molecule has 0 bridgehead atoms. The fraction of sp³-hybridized carbons (Fsp3) is 0.125. The van der Waals surface area contributed by atoms with Gasteiger partial charge in [-0.1, -0.05) is 18.2 Å². The molecule has 0 aliphatic carbocycles. The van der Waals surface area contributed by atoms with E-state index in [1.807, 2.05) is 32.0 Å². The Bertz CT molecular complexity index is 678. The van der Waals surface area contributed by atoms with E-state index in [0.29, 0.717) is 16.8 Å². The number of primary amides is 1. The van der Waals surface area contributed by atoms with Gasteiger partial charge in [-0.2, -0.15) is 0 Å². The topological polar surface area (TPSA) is 72.2 Å². The van der Waals surface area contributed by atoms with Crippen molar-refractivity contribution in [3.8, 4) is 0 Å². The van der Waals surface area contributed by atoms with Crippen LogP contribution in [0.15, 0.2) is 42.5 Å². The number of hydrogen-bond donors (Lipinski definition) is 2. The van der Waals surface area contributed by atoms with E-state index in [-0.39, 0.29) is 5.91 Å². The number of carbonyl (C=O) groups excluding carboxylic acids is 2. The fourth-order valence-electron chi connectivity index (χ4n) is 1.97. The molecule has 4 nitrogen and oxygen atoms in total. The van der Waals surface area contributed by atoms with Crippen LogP contribution in [0.3, 0.4) is 0 Å². The van der Waals surface area contributed by atoms with Crippen molar-refractivity contribution in [3.63, 3.8) is 0 Å². The van der Waals surface area contributed by atoms with Crippen LogP contribution in [0.2, 0.25) is 0 Å². The molecule has 0 aliphatic rings. The first-order chi connectivity index (χ1) is 9.49. The lowest BCUT2D eigenvalue weighted by atomic mass is 10.1. The summed E-state index contributed by atoms with van der Waals surface area (Å²) in [6, 6.07) is 12.3. The summed E-state index contributed by atoms with van der Waals surface area (Å²) in [7, 11) is 0. The minimum Gasteiger partial charge on any atom is -0.366 e. The third kappa shape index (κ3) is 2.85. The highest BCUT2D eigenvalue weighted by Gasteiger charge is 2.10. The molecule has 0 aliphatic heterocycles. The first kappa shape index (κ1) is 13.8. The average Bonchev–Trinajstić information content (AvgIpc) is 2.41. The molecule has 0 radical (unpaired) electrons. The molecule has 20 heavy (non-hydrogen) atoms. The van der Waals surface area contributed by atoms with Crippen LogP contribution in [-0.2, 0) is 0 Å². The van der Waals surface area contributed by atoms with Crippen molar-refractivity contribution in [1.29, 1.82) is 0 Å². The maximum Gasteiger partial charge on any atom is 0.255 e. The number of hydrogen-bond acceptors (Lipinski definition) is 2. The van der Waals surface area contributed by atoms with Crippen molar-refractivity contribution in [1.82, 2.24) is 0 Å². The van der Waals surface area contributed by atoms with E-state index >= 15 is 0 Å². The Balaban J connectivity index is 2.25. The summed E-state index contributed by atoms with van der Waals surface area (Å²) in [5.41, 5.74) is 8.65. The van der Waals surface area contributed by atoms with Gasteiger partial charge in [0, 0.05) is 16.8 Å². The van der Waals surface area contributed by atoms with Crippen molar-refractivity contribution in [2.45, 2.75) is 13.8 Å². The van der Waals surface area contributed by atoms with E-state index in [0.717, 1.165) is 11.1 Å². The van der Waals surface area contributed by atoms with Gasteiger partial charge in [0.15, 0.2) is 0 Å². The zero-order valence-electron chi connectivity index (χ0n) is 11.4. The minimum absolute atomic E-state index is 0.168. The number of amides is 2. The van der Waals surface area contributed by atoms with E-state index < -0.39 is 5.91 Å². The van der Waals surface area contributed by atoms with Gasteiger partial charge in [-0.15, -0.1) is 0 Å². The van der Waals surface area contributed by atoms with Gasteiger partial charge >= 0.3 is 0 Å². The minimum atomic E-state index is -0.482. The number of benzene rings is 2. The number of carbonyl (C=O) groups is 2. The molecule has 3 N–H and O–H groups in total. The van der Waals surface area contributed by atoms with Gasteiger partial charge in [0.05, 0.1) is 0 Å². The van der Waals surface area contributed by atoms with Gasteiger partial charge < -0.3 is 11.1 Å². The highest BCUT2D eigenvalue weighted by atomic mass is 16.2. The van der Waals surface area contributed by atoms with E-state index in [2.05, 4.69) is 5.32 Å². The van der Waals surface area contributed by atoms with E-state index in [9.17, 15) is 9.59 Å². The lowest BCUT2D eigenvalue weighted by Gasteiger charge is -2.10. The summed E-state index contributed by atoms with van der Waals surface area (Å²) in [4.78, 5) is 23.3. The molecular formula is C16H16N2O2. The van der Waals surface area contributed by atoms with Crippen LogP contribution in [0.1, 0.15) is 31.8 Å². The highest BCUT2D eigenvalue weighted by molar-refractivity contribution is 6.06. The lowest BCUT2D eigenvalue weighted by Crippen LogP contribution is -2.15. The second-order valence-electron chi connectivity index (χ2n) is 4.66. The van der Waals surface area contributed by atoms with Crippen molar-refractivity contribution >= 4 is 17.5 Å². The second-order valence-corrected chi connectivity index (χ2v) is 4.66. The summed E-state index contributed by atoms with van der Waals surface area (Å²) >= 11 is 0. The Kier molecular flexibility index (Phi) is 3.84. The zero-order chi connectivity index (χ0) is 14.7. The van der Waals surface area contributed by atoms with Gasteiger partial charge in [0.1, 0.15) is 0 Å². The number of nitrogens with two attached hydrogens (primary N) is 1. The first-order valence-corrected chi connectivity index (χ1v) is 6.26. The molecule has 2 rings (SSSR count). The number of rotatable bonds is 3. The summed E-state index contributed by atoms with van der Waals surface area (Å²) in [6.07, 6.45) is 0. The van der Waals surface area contributed by atoms with Crippen LogP contribution < -0.4 is 11.1 Å². The SMILES string of the molecule is Cc1cc(C(N)=O)ccc1NC(=O)c1ccccc1C. The van der Waals surface area contributed by atoms with Crippen LogP contribution >= 0.6 is 0 Å². The molecule has 102 valence electrons. The molecule has 2 aromatic carbocycles. The highest BCUT2D eigenvalue weighted by Crippen LogP contribution is 2.18. The first-order valence-electron chi connectivity index (χ1n) is 6.26. The van der Waals surface area contributed by atoms with Crippen molar-refractivity contribution < 1.29 is 9.59 Å². The van der Waals surface area contributed by atoms with Crippen LogP contribution in [0, 0.1) is 13.8 Å². The molecular weight excluding hydrogens is 252 g/mol. The van der Waals surface area contributed by atoms with Crippen LogP contribution in [-0.4, -0.2) is 11.8 Å². The van der Waals surface area contributed by atoms with Gasteiger partial charge in [-0.3, -0.25) is 9.59 Å². The normalized spacial score (nSPS) is 10.1. The summed E-state index contributed by atoms with van der Waals surface area (Å²) in [5, 5.41) is 2.84. The molecule has 0 heterocycles. The van der Waals surface area contributed by atoms with Gasteiger partial charge in [-0.25, -0.2) is 0 Å². The summed E-state index contributed by atoms with van der Waals surface area (Å²) in [5.74, 6) is -0.650. The molecule has 2 amide bonds. The second kappa shape index (κ2) is 5.57. The number of nitrogens with one attached hydrogen (secondary N) is 1. The third-order valence-corrected chi connectivity index (χ3v) is 3.15. The van der Waals surface area contributed by atoms with Crippen LogP contribution in [0.4, 0.5) is 5.69 Å². The average molecular weight is 268 g/mol. The van der Waals surface area contributed by atoms with Crippen LogP contribution in [0.25, 0.3) is 0 Å². The Morgan fingerprint density at radius 2 is 1.70 bits per heavy atom. The molecule has 0 fully saturated rings.